The smallest absolute Gasteiger partial charge is 0.168 e. The minimum absolute atomic E-state index is 0.275. The Labute approximate surface area is 160 Å². The normalized spacial score (nSPS) is 32.6. The van der Waals surface area contributed by atoms with Crippen molar-refractivity contribution in [3.8, 4) is 0 Å². The van der Waals surface area contributed by atoms with Crippen LogP contribution in [0.15, 0.2) is 42.5 Å². The Morgan fingerprint density at radius 2 is 1.74 bits per heavy atom. The van der Waals surface area contributed by atoms with Crippen molar-refractivity contribution in [1.29, 1.82) is 0 Å². The second-order valence-corrected chi connectivity index (χ2v) is 8.46. The molecular formula is C20H21FO5S. The number of aliphatic hydroxyl groups excluding tert-OH is 4. The molecule has 4 N–H and O–H groups in total. The third-order valence-electron chi connectivity index (χ3n) is 5.26. The van der Waals surface area contributed by atoms with Gasteiger partial charge in [-0.05, 0) is 35.2 Å². The number of halogens is 1. The van der Waals surface area contributed by atoms with Crippen LogP contribution < -0.4 is 0 Å². The first-order valence-corrected chi connectivity index (χ1v) is 9.66. The second kappa shape index (κ2) is 7.16. The van der Waals surface area contributed by atoms with E-state index in [9.17, 15) is 24.8 Å². The summed E-state index contributed by atoms with van der Waals surface area (Å²) in [5.74, 6) is -0.288. The highest BCUT2D eigenvalue weighted by Gasteiger charge is 2.57. The molecule has 0 saturated carbocycles. The summed E-state index contributed by atoms with van der Waals surface area (Å²) in [6, 6.07) is 12.1. The molecule has 1 saturated heterocycles. The van der Waals surface area contributed by atoms with Crippen LogP contribution in [-0.2, 0) is 22.7 Å². The molecule has 0 amide bonds. The zero-order chi connectivity index (χ0) is 19.2. The molecule has 0 radical (unpaired) electrons. The average Bonchev–Trinajstić information content (AvgIpc) is 3.04. The fourth-order valence-corrected chi connectivity index (χ4v) is 5.32. The van der Waals surface area contributed by atoms with Gasteiger partial charge in [0, 0.05) is 5.56 Å². The molecule has 0 aromatic heterocycles. The minimum Gasteiger partial charge on any atom is -0.395 e. The quantitative estimate of drug-likeness (QED) is 0.630. The van der Waals surface area contributed by atoms with E-state index in [-0.39, 0.29) is 19.0 Å². The van der Waals surface area contributed by atoms with E-state index in [1.54, 1.807) is 12.1 Å². The third-order valence-corrected chi connectivity index (χ3v) is 6.92. The summed E-state index contributed by atoms with van der Waals surface area (Å²) in [5.41, 5.74) is 3.54. The molecule has 2 aliphatic heterocycles. The van der Waals surface area contributed by atoms with Gasteiger partial charge in [-0.2, -0.15) is 0 Å². The fourth-order valence-electron chi connectivity index (χ4n) is 3.77. The summed E-state index contributed by atoms with van der Waals surface area (Å²) < 4.78 is 19.0. The van der Waals surface area contributed by atoms with E-state index in [0.717, 1.165) is 34.0 Å². The zero-order valence-corrected chi connectivity index (χ0v) is 15.3. The summed E-state index contributed by atoms with van der Waals surface area (Å²) in [6.45, 7) is -0.0670. The van der Waals surface area contributed by atoms with Gasteiger partial charge < -0.3 is 25.2 Å². The Balaban J connectivity index is 1.69. The molecule has 144 valence electrons. The summed E-state index contributed by atoms with van der Waals surface area (Å²) in [6.07, 6.45) is -3.41. The molecular weight excluding hydrogens is 371 g/mol. The van der Waals surface area contributed by atoms with Crippen molar-refractivity contribution in [2.45, 2.75) is 41.5 Å². The zero-order valence-electron chi connectivity index (χ0n) is 14.5. The van der Waals surface area contributed by atoms with Crippen LogP contribution in [-0.4, -0.2) is 50.6 Å². The molecule has 0 unspecified atom stereocenters. The van der Waals surface area contributed by atoms with Gasteiger partial charge in [-0.25, -0.2) is 4.39 Å². The molecule has 2 aliphatic rings. The van der Waals surface area contributed by atoms with Crippen molar-refractivity contribution in [3.05, 3.63) is 70.5 Å². The van der Waals surface area contributed by atoms with Gasteiger partial charge in [0.05, 0.1) is 24.6 Å². The van der Waals surface area contributed by atoms with Crippen LogP contribution in [0.3, 0.4) is 0 Å². The highest BCUT2D eigenvalue weighted by molar-refractivity contribution is 8.00. The number of fused-ring (bicyclic) bond motifs is 2. The van der Waals surface area contributed by atoms with Gasteiger partial charge >= 0.3 is 0 Å². The summed E-state index contributed by atoms with van der Waals surface area (Å²) in [7, 11) is 0. The number of rotatable bonds is 3. The molecule has 4 rings (SSSR count). The summed E-state index contributed by atoms with van der Waals surface area (Å²) in [5, 5.41) is 40.0. The topological polar surface area (TPSA) is 90.2 Å². The van der Waals surface area contributed by atoms with Gasteiger partial charge in [-0.15, -0.1) is 11.8 Å². The standard InChI is InChI=1S/C20H21FO5S/c21-14-5-2-11(3-6-14)7-12-1-4-13-10-26-20(15(13)8-12)19(25)18(24)17(23)16(9-22)27-20/h1-6,8,16-19,22-25H,7,9-10H2/t16-,17-,18+,19-,20+/m1/s1. The Hall–Kier alpha value is -1.48. The van der Waals surface area contributed by atoms with E-state index in [1.807, 2.05) is 18.2 Å². The Morgan fingerprint density at radius 1 is 1.04 bits per heavy atom. The van der Waals surface area contributed by atoms with E-state index in [4.69, 9.17) is 4.74 Å². The Kier molecular flexibility index (Phi) is 5.00. The van der Waals surface area contributed by atoms with Gasteiger partial charge in [-0.1, -0.05) is 30.3 Å². The highest BCUT2D eigenvalue weighted by Crippen LogP contribution is 2.54. The lowest BCUT2D eigenvalue weighted by atomic mass is 9.91. The number of ether oxygens (including phenoxy) is 1. The van der Waals surface area contributed by atoms with Crippen molar-refractivity contribution in [1.82, 2.24) is 0 Å². The molecule has 7 heteroatoms. The molecule has 1 spiro atoms. The molecule has 27 heavy (non-hydrogen) atoms. The van der Waals surface area contributed by atoms with Gasteiger partial charge in [-0.3, -0.25) is 0 Å². The van der Waals surface area contributed by atoms with Gasteiger partial charge in [0.15, 0.2) is 4.93 Å². The third kappa shape index (κ3) is 3.18. The van der Waals surface area contributed by atoms with E-state index < -0.39 is 28.5 Å². The molecule has 1 fully saturated rings. The highest BCUT2D eigenvalue weighted by atomic mass is 32.2. The van der Waals surface area contributed by atoms with E-state index in [2.05, 4.69) is 0 Å². The van der Waals surface area contributed by atoms with Crippen LogP contribution in [0.5, 0.6) is 0 Å². The lowest BCUT2D eigenvalue weighted by molar-refractivity contribution is -0.147. The van der Waals surface area contributed by atoms with Crippen molar-refractivity contribution in [2.75, 3.05) is 6.61 Å². The molecule has 0 aliphatic carbocycles. The monoisotopic (exact) mass is 392 g/mol. The van der Waals surface area contributed by atoms with Crippen LogP contribution in [0.1, 0.15) is 22.3 Å². The summed E-state index contributed by atoms with van der Waals surface area (Å²) in [4.78, 5) is -1.24. The van der Waals surface area contributed by atoms with E-state index in [1.165, 1.54) is 12.1 Å². The van der Waals surface area contributed by atoms with Crippen LogP contribution >= 0.6 is 11.8 Å². The van der Waals surface area contributed by atoms with Crippen LogP contribution in [0.25, 0.3) is 0 Å². The molecule has 2 aromatic rings. The number of benzene rings is 2. The van der Waals surface area contributed by atoms with E-state index in [0.29, 0.717) is 6.42 Å². The maximum Gasteiger partial charge on any atom is 0.168 e. The molecule has 2 heterocycles. The van der Waals surface area contributed by atoms with Crippen LogP contribution in [0.4, 0.5) is 4.39 Å². The maximum absolute atomic E-state index is 13.1. The van der Waals surface area contributed by atoms with E-state index >= 15 is 0 Å². The number of hydrogen-bond acceptors (Lipinski definition) is 6. The Morgan fingerprint density at radius 3 is 2.44 bits per heavy atom. The molecule has 5 atom stereocenters. The minimum atomic E-state index is -1.42. The second-order valence-electron chi connectivity index (χ2n) is 7.02. The lowest BCUT2D eigenvalue weighted by Crippen LogP contribution is -2.58. The van der Waals surface area contributed by atoms with Crippen molar-refractivity contribution >= 4 is 11.8 Å². The van der Waals surface area contributed by atoms with Crippen molar-refractivity contribution < 1.29 is 29.6 Å². The van der Waals surface area contributed by atoms with Gasteiger partial charge in [0.2, 0.25) is 0 Å². The maximum atomic E-state index is 13.1. The predicted octanol–water partition coefficient (Wildman–Crippen LogP) is 1.29. The first-order chi connectivity index (χ1) is 12.9. The van der Waals surface area contributed by atoms with Gasteiger partial charge in [0.1, 0.15) is 18.0 Å². The number of thioether (sulfide) groups is 1. The van der Waals surface area contributed by atoms with Crippen molar-refractivity contribution in [2.24, 2.45) is 0 Å². The lowest BCUT2D eigenvalue weighted by Gasteiger charge is -2.45. The summed E-state index contributed by atoms with van der Waals surface area (Å²) >= 11 is 1.14. The van der Waals surface area contributed by atoms with Gasteiger partial charge in [0.25, 0.3) is 0 Å². The molecule has 0 bridgehead atoms. The number of aliphatic hydroxyl groups is 4. The predicted molar refractivity (Wildman–Crippen MR) is 98.6 cm³/mol. The average molecular weight is 392 g/mol. The number of hydrogen-bond donors (Lipinski definition) is 4. The molecule has 2 aromatic carbocycles. The fraction of sp³-hybridized carbons (Fsp3) is 0.400. The first kappa shape index (κ1) is 18.9. The Bertz CT molecular complexity index is 828. The SMILES string of the molecule is OC[C@H]1S[C@]2(OCc3ccc(Cc4ccc(F)cc4)cc32)[C@H](O)[C@@H](O)[C@@H]1O. The first-order valence-electron chi connectivity index (χ1n) is 8.78. The van der Waals surface area contributed by atoms with Crippen LogP contribution in [0, 0.1) is 5.82 Å². The molecule has 5 nitrogen and oxygen atoms in total. The van der Waals surface area contributed by atoms with Crippen LogP contribution in [0.2, 0.25) is 0 Å². The van der Waals surface area contributed by atoms with Crippen molar-refractivity contribution in [3.63, 3.8) is 0 Å². The largest absolute Gasteiger partial charge is 0.395 e.